The molecule has 0 bridgehead atoms. The number of hydrogen-bond donors (Lipinski definition) is 2. The second-order valence-electron chi connectivity index (χ2n) is 4.53. The molecule has 21 heavy (non-hydrogen) atoms. The third-order valence-corrected chi connectivity index (χ3v) is 3.25. The molecule has 3 aromatic rings. The lowest BCUT2D eigenvalue weighted by atomic mass is 10.1. The smallest absolute Gasteiger partial charge is 0.274 e. The highest BCUT2D eigenvalue weighted by Gasteiger charge is 2.10. The lowest BCUT2D eigenvalue weighted by Gasteiger charge is -2.00. The molecule has 0 spiro atoms. The van der Waals surface area contributed by atoms with Gasteiger partial charge in [0.25, 0.3) is 5.91 Å². The number of methoxy groups -OCH3 is 1. The molecular weight excluding hydrogens is 270 g/mol. The van der Waals surface area contributed by atoms with Crippen LogP contribution in [0.5, 0.6) is 5.75 Å². The fourth-order valence-corrected chi connectivity index (χ4v) is 2.15. The van der Waals surface area contributed by atoms with Crippen LogP contribution in [-0.2, 0) is 0 Å². The van der Waals surface area contributed by atoms with Crippen molar-refractivity contribution in [3.63, 3.8) is 0 Å². The highest BCUT2D eigenvalue weighted by atomic mass is 16.5. The van der Waals surface area contributed by atoms with Crippen LogP contribution < -0.4 is 10.2 Å². The van der Waals surface area contributed by atoms with Crippen molar-refractivity contribution in [2.45, 2.75) is 0 Å². The summed E-state index contributed by atoms with van der Waals surface area (Å²) in [6.45, 7) is 0. The molecule has 0 atom stereocenters. The van der Waals surface area contributed by atoms with Crippen LogP contribution >= 0.6 is 0 Å². The molecule has 0 aliphatic heterocycles. The van der Waals surface area contributed by atoms with Crippen LogP contribution in [0, 0.1) is 0 Å². The zero-order valence-electron chi connectivity index (χ0n) is 11.3. The van der Waals surface area contributed by atoms with Gasteiger partial charge in [-0.3, -0.25) is 10.0 Å². The number of fused-ring (bicyclic) bond motifs is 1. The van der Waals surface area contributed by atoms with Crippen LogP contribution in [0.3, 0.4) is 0 Å². The Kier molecular flexibility index (Phi) is 3.33. The average molecular weight is 283 g/mol. The van der Waals surface area contributed by atoms with Crippen LogP contribution in [0.25, 0.3) is 22.3 Å². The summed E-state index contributed by atoms with van der Waals surface area (Å²) in [5.41, 5.74) is 3.57. The Labute approximate surface area is 120 Å². The van der Waals surface area contributed by atoms with E-state index in [9.17, 15) is 4.79 Å². The molecule has 2 N–H and O–H groups in total. The lowest BCUT2D eigenvalue weighted by molar-refractivity contribution is 0.0706. The zero-order valence-corrected chi connectivity index (χ0v) is 11.3. The summed E-state index contributed by atoms with van der Waals surface area (Å²) in [5.74, 6) is 0.926. The normalized spacial score (nSPS) is 10.6. The summed E-state index contributed by atoms with van der Waals surface area (Å²) >= 11 is 0. The number of carbonyl (C=O) groups is 1. The average Bonchev–Trinajstić information content (AvgIpc) is 2.97. The van der Waals surface area contributed by atoms with Crippen molar-refractivity contribution < 1.29 is 19.2 Å². The number of nitrogens with one attached hydrogen (secondary N) is 1. The van der Waals surface area contributed by atoms with Gasteiger partial charge in [-0.1, -0.05) is 0 Å². The first-order chi connectivity index (χ1) is 10.2. The first kappa shape index (κ1) is 13.2. The molecule has 3 rings (SSSR count). The number of hydroxylamine groups is 1. The minimum atomic E-state index is -0.552. The van der Waals surface area contributed by atoms with Crippen LogP contribution in [0.15, 0.2) is 52.9 Å². The van der Waals surface area contributed by atoms with Crippen molar-refractivity contribution in [2.75, 3.05) is 7.11 Å². The molecule has 5 heteroatoms. The van der Waals surface area contributed by atoms with Gasteiger partial charge in [-0.15, -0.1) is 0 Å². The zero-order chi connectivity index (χ0) is 14.8. The predicted octanol–water partition coefficient (Wildman–Crippen LogP) is 3.23. The summed E-state index contributed by atoms with van der Waals surface area (Å²) in [7, 11) is 1.62. The Hall–Kier alpha value is -2.79. The number of amides is 1. The van der Waals surface area contributed by atoms with Gasteiger partial charge in [-0.2, -0.15) is 0 Å². The number of rotatable bonds is 3. The van der Waals surface area contributed by atoms with E-state index < -0.39 is 5.91 Å². The fraction of sp³-hybridized carbons (Fsp3) is 0.0625. The molecule has 0 saturated carbocycles. The molecule has 5 nitrogen and oxygen atoms in total. The van der Waals surface area contributed by atoms with Crippen molar-refractivity contribution >= 4 is 16.9 Å². The maximum Gasteiger partial charge on any atom is 0.274 e. The van der Waals surface area contributed by atoms with Crippen LogP contribution in [0.1, 0.15) is 10.4 Å². The van der Waals surface area contributed by atoms with Crippen LogP contribution in [-0.4, -0.2) is 18.2 Å². The monoisotopic (exact) mass is 283 g/mol. The first-order valence-electron chi connectivity index (χ1n) is 6.34. The molecule has 0 saturated heterocycles. The van der Waals surface area contributed by atoms with E-state index >= 15 is 0 Å². The maximum absolute atomic E-state index is 11.4. The van der Waals surface area contributed by atoms with Gasteiger partial charge in [0.15, 0.2) is 0 Å². The largest absolute Gasteiger partial charge is 0.497 e. The quantitative estimate of drug-likeness (QED) is 0.572. The summed E-state index contributed by atoms with van der Waals surface area (Å²) in [5, 5.41) is 9.45. The molecule has 106 valence electrons. The van der Waals surface area contributed by atoms with E-state index in [1.165, 1.54) is 0 Å². The van der Waals surface area contributed by atoms with Gasteiger partial charge in [-0.25, -0.2) is 5.48 Å². The third kappa shape index (κ3) is 2.46. The first-order valence-corrected chi connectivity index (χ1v) is 6.34. The Morgan fingerprint density at radius 3 is 2.57 bits per heavy atom. The van der Waals surface area contributed by atoms with Gasteiger partial charge in [0.1, 0.15) is 17.1 Å². The molecule has 0 aliphatic rings. The summed E-state index contributed by atoms with van der Waals surface area (Å²) in [6.07, 6.45) is 0. The number of furan rings is 1. The fourth-order valence-electron chi connectivity index (χ4n) is 2.15. The second kappa shape index (κ2) is 5.30. The third-order valence-electron chi connectivity index (χ3n) is 3.25. The van der Waals surface area contributed by atoms with Crippen molar-refractivity contribution in [1.82, 2.24) is 5.48 Å². The van der Waals surface area contributed by atoms with Crippen molar-refractivity contribution in [3.05, 3.63) is 54.1 Å². The minimum absolute atomic E-state index is 0.368. The van der Waals surface area contributed by atoms with Gasteiger partial charge in [-0.05, 0) is 48.5 Å². The molecule has 2 aromatic carbocycles. The standard InChI is InChI=1S/C16H13NO4/c1-20-13-5-2-10(3-6-13)15-9-12-8-11(16(18)17-19)4-7-14(12)21-15/h2-9,19H,1H3,(H,17,18). The molecule has 0 aliphatic carbocycles. The van der Waals surface area contributed by atoms with Crippen LogP contribution in [0.2, 0.25) is 0 Å². The van der Waals surface area contributed by atoms with E-state index in [-0.39, 0.29) is 0 Å². The van der Waals surface area contributed by atoms with Crippen LogP contribution in [0.4, 0.5) is 0 Å². The predicted molar refractivity (Wildman–Crippen MR) is 77.5 cm³/mol. The summed E-state index contributed by atoms with van der Waals surface area (Å²) in [4.78, 5) is 11.4. The van der Waals surface area contributed by atoms with Crippen molar-refractivity contribution in [2.24, 2.45) is 0 Å². The van der Waals surface area contributed by atoms with Gasteiger partial charge < -0.3 is 9.15 Å². The molecule has 1 heterocycles. The maximum atomic E-state index is 11.4. The highest BCUT2D eigenvalue weighted by Crippen LogP contribution is 2.29. The molecular formula is C16H13NO4. The van der Waals surface area contributed by atoms with Crippen molar-refractivity contribution in [3.8, 4) is 17.1 Å². The van der Waals surface area contributed by atoms with E-state index in [4.69, 9.17) is 14.4 Å². The van der Waals surface area contributed by atoms with Gasteiger partial charge >= 0.3 is 0 Å². The minimum Gasteiger partial charge on any atom is -0.497 e. The lowest BCUT2D eigenvalue weighted by Crippen LogP contribution is -2.18. The molecule has 0 unspecified atom stereocenters. The van der Waals surface area contributed by atoms with E-state index in [0.29, 0.717) is 16.9 Å². The summed E-state index contributed by atoms with van der Waals surface area (Å²) in [6, 6.07) is 14.3. The van der Waals surface area contributed by atoms with Gasteiger partial charge in [0, 0.05) is 16.5 Å². The van der Waals surface area contributed by atoms with E-state index in [1.54, 1.807) is 30.8 Å². The second-order valence-corrected chi connectivity index (χ2v) is 4.53. The Morgan fingerprint density at radius 1 is 1.14 bits per heavy atom. The molecule has 0 fully saturated rings. The number of benzene rings is 2. The molecule has 0 radical (unpaired) electrons. The van der Waals surface area contributed by atoms with E-state index in [0.717, 1.165) is 16.7 Å². The topological polar surface area (TPSA) is 71.7 Å². The van der Waals surface area contributed by atoms with Gasteiger partial charge in [0.2, 0.25) is 0 Å². The van der Waals surface area contributed by atoms with E-state index in [1.807, 2.05) is 30.3 Å². The SMILES string of the molecule is COc1ccc(-c2cc3cc(C(=O)NO)ccc3o2)cc1. The number of hydrogen-bond acceptors (Lipinski definition) is 4. The number of ether oxygens (including phenoxy) is 1. The number of carbonyl (C=O) groups excluding carboxylic acids is 1. The molecule has 1 amide bonds. The Morgan fingerprint density at radius 2 is 1.90 bits per heavy atom. The van der Waals surface area contributed by atoms with Gasteiger partial charge in [0.05, 0.1) is 7.11 Å². The summed E-state index contributed by atoms with van der Waals surface area (Å²) < 4.78 is 10.9. The Balaban J connectivity index is 2.01. The van der Waals surface area contributed by atoms with Crippen molar-refractivity contribution in [1.29, 1.82) is 0 Å². The molecule has 1 aromatic heterocycles. The highest BCUT2D eigenvalue weighted by molar-refractivity contribution is 5.97. The van der Waals surface area contributed by atoms with E-state index in [2.05, 4.69) is 0 Å². The Bertz CT molecular complexity index is 790.